The second kappa shape index (κ2) is 6.87. The predicted octanol–water partition coefficient (Wildman–Crippen LogP) is 2.35. The number of hydrogen-bond acceptors (Lipinski definition) is 3. The summed E-state index contributed by atoms with van der Waals surface area (Å²) in [7, 11) is 0. The Labute approximate surface area is 105 Å². The topological polar surface area (TPSA) is 15.3 Å². The van der Waals surface area contributed by atoms with Crippen molar-refractivity contribution in [3.05, 3.63) is 0 Å². The summed E-state index contributed by atoms with van der Waals surface area (Å²) >= 11 is 1.97. The molecule has 0 saturated carbocycles. The van der Waals surface area contributed by atoms with Gasteiger partial charge in [-0.2, -0.15) is 11.8 Å². The van der Waals surface area contributed by atoms with Crippen LogP contribution in [0.4, 0.5) is 0 Å². The Bertz CT molecular complexity index is 198. The maximum Gasteiger partial charge on any atom is 0.0111 e. The van der Waals surface area contributed by atoms with Crippen molar-refractivity contribution in [2.75, 3.05) is 31.6 Å². The molecule has 2 aliphatic rings. The van der Waals surface area contributed by atoms with E-state index < -0.39 is 0 Å². The van der Waals surface area contributed by atoms with Crippen molar-refractivity contribution in [3.8, 4) is 0 Å². The molecule has 2 aliphatic heterocycles. The zero-order valence-electron chi connectivity index (χ0n) is 10.6. The Morgan fingerprint density at radius 2 is 2.19 bits per heavy atom. The van der Waals surface area contributed by atoms with E-state index in [1.165, 1.54) is 63.9 Å². The number of nitrogens with one attached hydrogen (secondary N) is 1. The van der Waals surface area contributed by atoms with Crippen molar-refractivity contribution < 1.29 is 0 Å². The van der Waals surface area contributed by atoms with Crippen LogP contribution in [0.5, 0.6) is 0 Å². The van der Waals surface area contributed by atoms with E-state index in [2.05, 4.69) is 16.5 Å². The molecule has 2 heterocycles. The Kier molecular flexibility index (Phi) is 5.46. The molecule has 2 atom stereocenters. The van der Waals surface area contributed by atoms with E-state index in [1.54, 1.807) is 0 Å². The molecule has 2 fully saturated rings. The van der Waals surface area contributed by atoms with Gasteiger partial charge < -0.3 is 10.2 Å². The lowest BCUT2D eigenvalue weighted by Crippen LogP contribution is -2.45. The fourth-order valence-corrected chi connectivity index (χ4v) is 3.58. The molecule has 0 aromatic rings. The maximum absolute atomic E-state index is 3.76. The maximum atomic E-state index is 3.76. The molecular weight excluding hydrogens is 216 g/mol. The highest BCUT2D eigenvalue weighted by atomic mass is 32.2. The second-order valence-electron chi connectivity index (χ2n) is 5.21. The molecule has 0 aliphatic carbocycles. The van der Waals surface area contributed by atoms with Gasteiger partial charge in [0.05, 0.1) is 0 Å². The highest BCUT2D eigenvalue weighted by Crippen LogP contribution is 2.26. The third kappa shape index (κ3) is 3.64. The third-order valence-electron chi connectivity index (χ3n) is 4.03. The summed E-state index contributed by atoms with van der Waals surface area (Å²) in [6.07, 6.45) is 10.6. The van der Waals surface area contributed by atoms with E-state index in [4.69, 9.17) is 0 Å². The normalized spacial score (nSPS) is 30.6. The van der Waals surface area contributed by atoms with Crippen molar-refractivity contribution in [1.82, 2.24) is 10.2 Å². The molecule has 0 aromatic carbocycles. The quantitative estimate of drug-likeness (QED) is 0.720. The van der Waals surface area contributed by atoms with E-state index in [-0.39, 0.29) is 0 Å². The SMILES string of the molecule is CSCCCCNC1CCN2CCCC2C1. The van der Waals surface area contributed by atoms with E-state index in [1.807, 2.05) is 11.8 Å². The molecule has 2 rings (SSSR count). The lowest BCUT2D eigenvalue weighted by atomic mass is 9.97. The average molecular weight is 242 g/mol. The number of piperidine rings is 1. The fourth-order valence-electron chi connectivity index (χ4n) is 3.09. The van der Waals surface area contributed by atoms with Gasteiger partial charge >= 0.3 is 0 Å². The number of nitrogens with zero attached hydrogens (tertiary/aromatic N) is 1. The number of fused-ring (bicyclic) bond motifs is 1. The molecule has 0 amide bonds. The lowest BCUT2D eigenvalue weighted by Gasteiger charge is -2.35. The highest BCUT2D eigenvalue weighted by Gasteiger charge is 2.31. The molecule has 94 valence electrons. The molecule has 1 N–H and O–H groups in total. The molecule has 2 saturated heterocycles. The fraction of sp³-hybridized carbons (Fsp3) is 1.00. The minimum Gasteiger partial charge on any atom is -0.314 e. The Balaban J connectivity index is 1.56. The van der Waals surface area contributed by atoms with Crippen LogP contribution in [-0.2, 0) is 0 Å². The zero-order chi connectivity index (χ0) is 11.2. The van der Waals surface area contributed by atoms with Crippen molar-refractivity contribution >= 4 is 11.8 Å². The number of thioether (sulfide) groups is 1. The Hall–Kier alpha value is 0.270. The van der Waals surface area contributed by atoms with E-state index in [9.17, 15) is 0 Å². The summed E-state index contributed by atoms with van der Waals surface area (Å²) in [5, 5.41) is 3.76. The summed E-state index contributed by atoms with van der Waals surface area (Å²) in [5.74, 6) is 1.32. The standard InChI is InChI=1S/C13H26N2S/c1-16-10-3-2-7-14-12-6-9-15-8-4-5-13(15)11-12/h12-14H,2-11H2,1H3. The molecule has 2 unspecified atom stereocenters. The first kappa shape index (κ1) is 12.7. The van der Waals surface area contributed by atoms with Gasteiger partial charge in [-0.25, -0.2) is 0 Å². The minimum atomic E-state index is 0.814. The van der Waals surface area contributed by atoms with Gasteiger partial charge in [-0.05, 0) is 70.2 Å². The number of unbranched alkanes of at least 4 members (excludes halogenated alkanes) is 1. The summed E-state index contributed by atoms with van der Waals surface area (Å²) in [4.78, 5) is 2.70. The predicted molar refractivity (Wildman–Crippen MR) is 73.2 cm³/mol. The van der Waals surface area contributed by atoms with E-state index >= 15 is 0 Å². The number of rotatable bonds is 6. The summed E-state index contributed by atoms with van der Waals surface area (Å²) in [5.41, 5.74) is 0. The van der Waals surface area contributed by atoms with Gasteiger partial charge in [-0.3, -0.25) is 0 Å². The molecule has 0 spiro atoms. The Morgan fingerprint density at radius 1 is 1.25 bits per heavy atom. The van der Waals surface area contributed by atoms with Gasteiger partial charge in [-0.15, -0.1) is 0 Å². The van der Waals surface area contributed by atoms with Crippen LogP contribution in [0.1, 0.15) is 38.5 Å². The van der Waals surface area contributed by atoms with Crippen molar-refractivity contribution in [1.29, 1.82) is 0 Å². The van der Waals surface area contributed by atoms with E-state index in [0.717, 1.165) is 12.1 Å². The molecule has 16 heavy (non-hydrogen) atoms. The van der Waals surface area contributed by atoms with Crippen LogP contribution in [0, 0.1) is 0 Å². The monoisotopic (exact) mass is 242 g/mol. The van der Waals surface area contributed by atoms with Gasteiger partial charge in [0, 0.05) is 12.1 Å². The molecule has 3 heteroatoms. The third-order valence-corrected chi connectivity index (χ3v) is 4.73. The summed E-state index contributed by atoms with van der Waals surface area (Å²) in [6, 6.07) is 1.73. The summed E-state index contributed by atoms with van der Waals surface area (Å²) < 4.78 is 0. The van der Waals surface area contributed by atoms with Crippen LogP contribution in [0.2, 0.25) is 0 Å². The first-order valence-corrected chi connectivity index (χ1v) is 8.26. The van der Waals surface area contributed by atoms with Gasteiger partial charge in [-0.1, -0.05) is 0 Å². The van der Waals surface area contributed by atoms with Crippen molar-refractivity contribution in [2.45, 2.75) is 50.6 Å². The van der Waals surface area contributed by atoms with Crippen LogP contribution in [0.15, 0.2) is 0 Å². The molecule has 0 aromatic heterocycles. The summed E-state index contributed by atoms with van der Waals surface area (Å²) in [6.45, 7) is 3.94. The zero-order valence-corrected chi connectivity index (χ0v) is 11.4. The Morgan fingerprint density at radius 3 is 3.06 bits per heavy atom. The van der Waals surface area contributed by atoms with Crippen molar-refractivity contribution in [2.24, 2.45) is 0 Å². The van der Waals surface area contributed by atoms with Crippen LogP contribution in [0.3, 0.4) is 0 Å². The molecular formula is C13H26N2S. The first-order valence-electron chi connectivity index (χ1n) is 6.86. The van der Waals surface area contributed by atoms with E-state index in [0.29, 0.717) is 0 Å². The lowest BCUT2D eigenvalue weighted by molar-refractivity contribution is 0.167. The van der Waals surface area contributed by atoms with Gasteiger partial charge in [0.1, 0.15) is 0 Å². The molecule has 2 nitrogen and oxygen atoms in total. The highest BCUT2D eigenvalue weighted by molar-refractivity contribution is 7.98. The number of hydrogen-bond donors (Lipinski definition) is 1. The van der Waals surface area contributed by atoms with Gasteiger partial charge in [0.15, 0.2) is 0 Å². The second-order valence-corrected chi connectivity index (χ2v) is 6.19. The van der Waals surface area contributed by atoms with Crippen molar-refractivity contribution in [3.63, 3.8) is 0 Å². The van der Waals surface area contributed by atoms with Gasteiger partial charge in [0.25, 0.3) is 0 Å². The van der Waals surface area contributed by atoms with Gasteiger partial charge in [0.2, 0.25) is 0 Å². The average Bonchev–Trinajstić information content (AvgIpc) is 2.76. The van der Waals surface area contributed by atoms with Crippen LogP contribution < -0.4 is 5.32 Å². The first-order chi connectivity index (χ1) is 7.90. The largest absolute Gasteiger partial charge is 0.314 e. The molecule has 0 radical (unpaired) electrons. The molecule has 0 bridgehead atoms. The smallest absolute Gasteiger partial charge is 0.0111 e. The van der Waals surface area contributed by atoms with Crippen LogP contribution in [0.25, 0.3) is 0 Å². The van der Waals surface area contributed by atoms with Crippen LogP contribution >= 0.6 is 11.8 Å². The minimum absolute atomic E-state index is 0.814. The van der Waals surface area contributed by atoms with Crippen LogP contribution in [-0.4, -0.2) is 48.6 Å².